The van der Waals surface area contributed by atoms with Gasteiger partial charge < -0.3 is 33.5 Å². The molecule has 0 radical (unpaired) electrons. The average molecular weight is 620 g/mol. The Balaban J connectivity index is 1.26. The monoisotopic (exact) mass is 620 g/mol. The Morgan fingerprint density at radius 2 is 1.33 bits per heavy atom. The average Bonchev–Trinajstić information content (AvgIpc) is 3.66. The van der Waals surface area contributed by atoms with Gasteiger partial charge in [-0.15, -0.1) is 0 Å². The van der Waals surface area contributed by atoms with Crippen molar-refractivity contribution in [3.63, 3.8) is 0 Å². The Hall–Kier alpha value is -4.00. The first-order chi connectivity index (χ1) is 20.6. The van der Waals surface area contributed by atoms with Crippen LogP contribution < -0.4 is 18.9 Å². The van der Waals surface area contributed by atoms with E-state index in [1.165, 1.54) is 19.1 Å². The minimum Gasteiger partial charge on any atom is -0.478 e. The van der Waals surface area contributed by atoms with Crippen LogP contribution in [-0.2, 0) is 46.8 Å². The molecule has 0 atom stereocenters. The third kappa shape index (κ3) is 7.15. The summed E-state index contributed by atoms with van der Waals surface area (Å²) in [6, 6.07) is 14.7. The standard InChI is InChI=1S/C29H27F2O11P/c1-19(10-28(32)33)22-4-6-23(7-5-22)29(30,31)43(34,41-15-35-13-20-2-8-24-26(11-20)39-17-37-24)42-16-36-14-21-3-9-25-27(12-21)40-18-38-25/h2-12H,13-18H2,1H3,(H,32,33)/b19-10+. The minimum atomic E-state index is -5.26. The van der Waals surface area contributed by atoms with E-state index in [0.29, 0.717) is 45.3 Å². The number of allylic oxidation sites excluding steroid dienone is 1. The zero-order chi connectivity index (χ0) is 30.5. The lowest BCUT2D eigenvalue weighted by Crippen LogP contribution is -2.20. The van der Waals surface area contributed by atoms with Crippen molar-refractivity contribution in [3.8, 4) is 23.0 Å². The molecule has 0 saturated carbocycles. The van der Waals surface area contributed by atoms with E-state index in [2.05, 4.69) is 0 Å². The molecule has 0 amide bonds. The summed E-state index contributed by atoms with van der Waals surface area (Å²) in [6.07, 6.45) is 0.944. The van der Waals surface area contributed by atoms with E-state index in [-0.39, 0.29) is 26.8 Å². The maximum atomic E-state index is 15.8. The highest BCUT2D eigenvalue weighted by Gasteiger charge is 2.55. The minimum absolute atomic E-state index is 0.0628. The first-order valence-corrected chi connectivity index (χ1v) is 14.4. The highest BCUT2D eigenvalue weighted by atomic mass is 31.2. The van der Waals surface area contributed by atoms with Crippen LogP contribution in [0.2, 0.25) is 0 Å². The molecule has 0 spiro atoms. The maximum absolute atomic E-state index is 15.8. The van der Waals surface area contributed by atoms with Crippen LogP contribution in [0.15, 0.2) is 66.7 Å². The van der Waals surface area contributed by atoms with Crippen LogP contribution >= 0.6 is 7.60 Å². The van der Waals surface area contributed by atoms with Gasteiger partial charge in [-0.2, -0.15) is 8.78 Å². The summed E-state index contributed by atoms with van der Waals surface area (Å²) < 4.78 is 87.2. The highest BCUT2D eigenvalue weighted by molar-refractivity contribution is 7.54. The number of aliphatic carboxylic acids is 1. The number of hydrogen-bond acceptors (Lipinski definition) is 10. The molecule has 0 bridgehead atoms. The quantitative estimate of drug-likeness (QED) is 0.0950. The van der Waals surface area contributed by atoms with E-state index in [4.69, 9.17) is 42.6 Å². The second kappa shape index (κ2) is 13.1. The van der Waals surface area contributed by atoms with Gasteiger partial charge in [0.2, 0.25) is 13.6 Å². The topological polar surface area (TPSA) is 128 Å². The van der Waals surface area contributed by atoms with Crippen molar-refractivity contribution in [2.24, 2.45) is 0 Å². The number of carbonyl (C=O) groups is 1. The van der Waals surface area contributed by atoms with Crippen LogP contribution in [0.3, 0.4) is 0 Å². The number of alkyl halides is 2. The Morgan fingerprint density at radius 3 is 1.81 bits per heavy atom. The SMILES string of the molecule is C/C(=C\C(=O)O)c1ccc(C(F)(F)P(=O)(OCOCc2ccc3c(c2)OCO3)OCOCc2ccc3c(c2)OCO3)cc1. The van der Waals surface area contributed by atoms with Gasteiger partial charge in [-0.3, -0.25) is 13.6 Å². The van der Waals surface area contributed by atoms with Crippen molar-refractivity contribution in [2.75, 3.05) is 27.2 Å². The lowest BCUT2D eigenvalue weighted by atomic mass is 10.1. The number of ether oxygens (including phenoxy) is 6. The molecule has 0 fully saturated rings. The Bertz CT molecular complexity index is 1470. The molecule has 0 unspecified atom stereocenters. The van der Waals surface area contributed by atoms with Crippen LogP contribution in [0.4, 0.5) is 8.78 Å². The second-order valence-corrected chi connectivity index (χ2v) is 11.4. The molecule has 14 heteroatoms. The van der Waals surface area contributed by atoms with Crippen molar-refractivity contribution < 1.29 is 60.7 Å². The first kappa shape index (κ1) is 30.5. The molecular weight excluding hydrogens is 593 g/mol. The van der Waals surface area contributed by atoms with Gasteiger partial charge >= 0.3 is 19.2 Å². The fourth-order valence-corrected chi connectivity index (χ4v) is 5.44. The number of benzene rings is 3. The number of carboxylic acids is 1. The van der Waals surface area contributed by atoms with Gasteiger partial charge in [0.05, 0.1) is 13.2 Å². The van der Waals surface area contributed by atoms with E-state index in [1.807, 2.05) is 0 Å². The predicted octanol–water partition coefficient (Wildman–Crippen LogP) is 6.26. The fraction of sp³-hybridized carbons (Fsp3) is 0.276. The van der Waals surface area contributed by atoms with Gasteiger partial charge in [0, 0.05) is 11.6 Å². The van der Waals surface area contributed by atoms with Crippen LogP contribution in [-0.4, -0.2) is 38.2 Å². The van der Waals surface area contributed by atoms with Crippen molar-refractivity contribution >= 4 is 19.1 Å². The van der Waals surface area contributed by atoms with E-state index in [9.17, 15) is 9.36 Å². The van der Waals surface area contributed by atoms with Gasteiger partial charge in [-0.05, 0) is 53.5 Å². The van der Waals surface area contributed by atoms with E-state index >= 15 is 8.78 Å². The molecule has 2 aliphatic rings. The summed E-state index contributed by atoms with van der Waals surface area (Å²) in [6.45, 7) is -0.00617. The lowest BCUT2D eigenvalue weighted by molar-refractivity contribution is -0.131. The molecule has 3 aromatic rings. The van der Waals surface area contributed by atoms with Crippen molar-refractivity contribution in [3.05, 3.63) is 89.0 Å². The molecule has 0 saturated heterocycles. The summed E-state index contributed by atoms with van der Waals surface area (Å²) in [5, 5.41) is 8.96. The molecule has 3 aromatic carbocycles. The van der Waals surface area contributed by atoms with Crippen LogP contribution in [0.1, 0.15) is 29.2 Å². The molecular formula is C29H27F2O11P. The summed E-state index contributed by atoms with van der Waals surface area (Å²) in [4.78, 5) is 11.0. The summed E-state index contributed by atoms with van der Waals surface area (Å²) in [5.74, 6) is 0.980. The molecule has 5 rings (SSSR count). The van der Waals surface area contributed by atoms with Crippen LogP contribution in [0.5, 0.6) is 23.0 Å². The molecule has 1 N–H and O–H groups in total. The molecule has 0 aromatic heterocycles. The van der Waals surface area contributed by atoms with E-state index in [0.717, 1.165) is 18.2 Å². The predicted molar refractivity (Wildman–Crippen MR) is 146 cm³/mol. The number of fused-ring (bicyclic) bond motifs is 2. The summed E-state index contributed by atoms with van der Waals surface area (Å²) in [5.41, 5.74) is -2.79. The van der Waals surface area contributed by atoms with E-state index < -0.39 is 38.4 Å². The van der Waals surface area contributed by atoms with Gasteiger partial charge in [-0.25, -0.2) is 4.79 Å². The molecule has 11 nitrogen and oxygen atoms in total. The van der Waals surface area contributed by atoms with Crippen molar-refractivity contribution in [1.82, 2.24) is 0 Å². The third-order valence-electron chi connectivity index (χ3n) is 6.39. The summed E-state index contributed by atoms with van der Waals surface area (Å²) >= 11 is 0. The van der Waals surface area contributed by atoms with Crippen molar-refractivity contribution in [1.29, 1.82) is 0 Å². The Morgan fingerprint density at radius 1 is 0.837 bits per heavy atom. The van der Waals surface area contributed by atoms with Gasteiger partial charge in [0.25, 0.3) is 0 Å². The van der Waals surface area contributed by atoms with Crippen LogP contribution in [0, 0.1) is 0 Å². The zero-order valence-corrected chi connectivity index (χ0v) is 23.7. The molecule has 43 heavy (non-hydrogen) atoms. The zero-order valence-electron chi connectivity index (χ0n) is 22.8. The number of carboxylic acid groups (broad SMARTS) is 1. The largest absolute Gasteiger partial charge is 0.478 e. The van der Waals surface area contributed by atoms with Gasteiger partial charge in [0.1, 0.15) is 0 Å². The number of rotatable bonds is 14. The smallest absolute Gasteiger partial charge is 0.408 e. The lowest BCUT2D eigenvalue weighted by Gasteiger charge is -2.26. The van der Waals surface area contributed by atoms with Crippen LogP contribution in [0.25, 0.3) is 5.57 Å². The Kier molecular flexibility index (Phi) is 9.28. The van der Waals surface area contributed by atoms with E-state index in [1.54, 1.807) is 36.4 Å². The first-order valence-electron chi connectivity index (χ1n) is 12.9. The van der Waals surface area contributed by atoms with Gasteiger partial charge in [-0.1, -0.05) is 36.4 Å². The normalized spacial score (nSPS) is 14.3. The van der Waals surface area contributed by atoms with Crippen molar-refractivity contribution in [2.45, 2.75) is 25.8 Å². The molecule has 2 aliphatic heterocycles. The van der Waals surface area contributed by atoms with Gasteiger partial charge in [0.15, 0.2) is 36.6 Å². The third-order valence-corrected chi connectivity index (χ3v) is 8.23. The maximum Gasteiger partial charge on any atom is 0.408 e. The number of hydrogen-bond donors (Lipinski definition) is 1. The molecule has 2 heterocycles. The molecule has 0 aliphatic carbocycles. The second-order valence-electron chi connectivity index (χ2n) is 9.35. The summed E-state index contributed by atoms with van der Waals surface area (Å²) in [7, 11) is -5.26. The number of halogens is 2. The fourth-order valence-electron chi connectivity index (χ4n) is 4.15. The Labute approximate surface area is 245 Å². The molecule has 228 valence electrons. The highest BCUT2D eigenvalue weighted by Crippen LogP contribution is 2.67.